The molecule has 0 saturated heterocycles. The molecule has 3 aromatic rings. The van der Waals surface area contributed by atoms with Crippen molar-refractivity contribution in [3.8, 4) is 0 Å². The third kappa shape index (κ3) is 3.20. The van der Waals surface area contributed by atoms with Crippen LogP contribution >= 0.6 is 11.3 Å². The number of fused-ring (bicyclic) bond motifs is 1. The fourth-order valence-electron chi connectivity index (χ4n) is 2.51. The number of nitrogens with one attached hydrogen (secondary N) is 1. The highest BCUT2D eigenvalue weighted by Gasteiger charge is 2.11. The van der Waals surface area contributed by atoms with E-state index < -0.39 is 0 Å². The molecule has 2 aromatic heterocycles. The maximum atomic E-state index is 12.1. The molecule has 5 heteroatoms. The normalized spacial score (nSPS) is 12.5. The van der Waals surface area contributed by atoms with Crippen LogP contribution in [0.1, 0.15) is 29.8 Å². The van der Waals surface area contributed by atoms with E-state index in [-0.39, 0.29) is 11.9 Å². The molecule has 2 heterocycles. The lowest BCUT2D eigenvalue weighted by Crippen LogP contribution is -2.27. The molecule has 1 aromatic carbocycles. The summed E-state index contributed by atoms with van der Waals surface area (Å²) in [4.78, 5) is 13.3. The number of carbonyl (C=O) groups is 1. The Labute approximate surface area is 133 Å². The van der Waals surface area contributed by atoms with Crippen LogP contribution in [0, 0.1) is 6.92 Å². The van der Waals surface area contributed by atoms with Gasteiger partial charge in [0.05, 0.1) is 24.3 Å². The van der Waals surface area contributed by atoms with Crippen molar-refractivity contribution in [3.05, 3.63) is 52.3 Å². The lowest BCUT2D eigenvalue weighted by Gasteiger charge is -2.12. The molecule has 1 unspecified atom stereocenters. The minimum atomic E-state index is 0.0525. The highest BCUT2D eigenvalue weighted by atomic mass is 32.1. The highest BCUT2D eigenvalue weighted by Crippen LogP contribution is 2.18. The summed E-state index contributed by atoms with van der Waals surface area (Å²) < 4.78 is 1.89. The van der Waals surface area contributed by atoms with E-state index in [1.165, 1.54) is 10.4 Å². The van der Waals surface area contributed by atoms with Gasteiger partial charge in [-0.1, -0.05) is 17.7 Å². The number of rotatable bonds is 5. The van der Waals surface area contributed by atoms with Gasteiger partial charge in [-0.15, -0.1) is 11.3 Å². The maximum absolute atomic E-state index is 12.1. The van der Waals surface area contributed by atoms with E-state index >= 15 is 0 Å². The molecule has 1 amide bonds. The van der Waals surface area contributed by atoms with Gasteiger partial charge in [0.25, 0.3) is 0 Å². The second-order valence-corrected chi connectivity index (χ2v) is 6.46. The number of hydrogen-bond donors (Lipinski definition) is 1. The van der Waals surface area contributed by atoms with Crippen LogP contribution in [-0.2, 0) is 11.3 Å². The predicted octanol–water partition coefficient (Wildman–Crippen LogP) is 3.67. The van der Waals surface area contributed by atoms with Crippen molar-refractivity contribution >= 4 is 28.1 Å². The standard InChI is InChI=1S/C17H19N3OS/c1-12-5-6-15-14(10-12)11-18-20(15)8-7-17(21)19-13(2)16-4-3-9-22-16/h3-6,9-11,13H,7-8H2,1-2H3,(H,19,21). The van der Waals surface area contributed by atoms with Crippen LogP contribution in [-0.4, -0.2) is 15.7 Å². The molecule has 0 saturated carbocycles. The molecule has 114 valence electrons. The summed E-state index contributed by atoms with van der Waals surface area (Å²) in [7, 11) is 0. The van der Waals surface area contributed by atoms with Gasteiger partial charge in [0.2, 0.25) is 5.91 Å². The summed E-state index contributed by atoms with van der Waals surface area (Å²) in [5.41, 5.74) is 2.29. The summed E-state index contributed by atoms with van der Waals surface area (Å²) >= 11 is 1.66. The van der Waals surface area contributed by atoms with Crippen molar-refractivity contribution in [1.29, 1.82) is 0 Å². The van der Waals surface area contributed by atoms with Crippen LogP contribution in [0.5, 0.6) is 0 Å². The van der Waals surface area contributed by atoms with E-state index in [1.54, 1.807) is 11.3 Å². The molecule has 3 rings (SSSR count). The van der Waals surface area contributed by atoms with Crippen molar-refractivity contribution in [2.75, 3.05) is 0 Å². The van der Waals surface area contributed by atoms with Crippen LogP contribution in [0.15, 0.2) is 41.9 Å². The predicted molar refractivity (Wildman–Crippen MR) is 90.0 cm³/mol. The van der Waals surface area contributed by atoms with E-state index in [1.807, 2.05) is 35.3 Å². The second kappa shape index (κ2) is 6.32. The molecule has 22 heavy (non-hydrogen) atoms. The zero-order valence-electron chi connectivity index (χ0n) is 12.7. The number of thiophene rings is 1. The van der Waals surface area contributed by atoms with Crippen molar-refractivity contribution in [2.24, 2.45) is 0 Å². The summed E-state index contributed by atoms with van der Waals surface area (Å²) in [6.07, 6.45) is 2.29. The largest absolute Gasteiger partial charge is 0.349 e. The monoisotopic (exact) mass is 313 g/mol. The molecule has 0 aliphatic carbocycles. The SMILES string of the molecule is Cc1ccc2c(cnn2CCC(=O)NC(C)c2cccs2)c1. The molecule has 0 aliphatic heterocycles. The average Bonchev–Trinajstić information content (AvgIpc) is 3.14. The molecule has 1 N–H and O–H groups in total. The number of hydrogen-bond acceptors (Lipinski definition) is 3. The van der Waals surface area contributed by atoms with E-state index in [9.17, 15) is 4.79 Å². The number of amides is 1. The van der Waals surface area contributed by atoms with E-state index in [0.29, 0.717) is 13.0 Å². The first-order valence-electron chi connectivity index (χ1n) is 7.38. The van der Waals surface area contributed by atoms with Crippen LogP contribution in [0.2, 0.25) is 0 Å². The van der Waals surface area contributed by atoms with Gasteiger partial charge in [0.1, 0.15) is 0 Å². The summed E-state index contributed by atoms with van der Waals surface area (Å²) in [5, 5.41) is 10.6. The second-order valence-electron chi connectivity index (χ2n) is 5.48. The molecule has 0 fully saturated rings. The minimum Gasteiger partial charge on any atom is -0.349 e. The van der Waals surface area contributed by atoms with E-state index in [2.05, 4.69) is 35.5 Å². The fraction of sp³-hybridized carbons (Fsp3) is 0.294. The smallest absolute Gasteiger partial charge is 0.222 e. The van der Waals surface area contributed by atoms with Crippen LogP contribution in [0.3, 0.4) is 0 Å². The first-order valence-corrected chi connectivity index (χ1v) is 8.26. The molecule has 0 radical (unpaired) electrons. The number of benzene rings is 1. The first kappa shape index (κ1) is 14.8. The Hall–Kier alpha value is -2.14. The summed E-state index contributed by atoms with van der Waals surface area (Å²) in [5.74, 6) is 0.0525. The number of carbonyl (C=O) groups excluding carboxylic acids is 1. The summed E-state index contributed by atoms with van der Waals surface area (Å²) in [6.45, 7) is 4.67. The van der Waals surface area contributed by atoms with E-state index in [0.717, 1.165) is 10.9 Å². The quantitative estimate of drug-likeness (QED) is 0.781. The Morgan fingerprint density at radius 1 is 1.41 bits per heavy atom. The molecular formula is C17H19N3OS. The van der Waals surface area contributed by atoms with Gasteiger partial charge in [0, 0.05) is 16.7 Å². The van der Waals surface area contributed by atoms with Gasteiger partial charge in [0.15, 0.2) is 0 Å². The van der Waals surface area contributed by atoms with Crippen molar-refractivity contribution in [3.63, 3.8) is 0 Å². The zero-order valence-corrected chi connectivity index (χ0v) is 13.6. The van der Waals surface area contributed by atoms with Crippen molar-refractivity contribution in [2.45, 2.75) is 32.9 Å². The van der Waals surface area contributed by atoms with Crippen LogP contribution in [0.25, 0.3) is 10.9 Å². The third-order valence-electron chi connectivity index (χ3n) is 3.70. The number of aryl methyl sites for hydroxylation is 2. The average molecular weight is 313 g/mol. The molecule has 0 spiro atoms. The zero-order chi connectivity index (χ0) is 15.5. The summed E-state index contributed by atoms with van der Waals surface area (Å²) in [6, 6.07) is 10.3. The first-order chi connectivity index (χ1) is 10.6. The lowest BCUT2D eigenvalue weighted by molar-refractivity contribution is -0.121. The van der Waals surface area contributed by atoms with Gasteiger partial charge < -0.3 is 5.32 Å². The third-order valence-corrected chi connectivity index (χ3v) is 4.75. The van der Waals surface area contributed by atoms with Gasteiger partial charge in [-0.2, -0.15) is 5.10 Å². The molecular weight excluding hydrogens is 294 g/mol. The van der Waals surface area contributed by atoms with Gasteiger partial charge in [-0.3, -0.25) is 9.48 Å². The Balaban J connectivity index is 1.60. The minimum absolute atomic E-state index is 0.0525. The Morgan fingerprint density at radius 2 is 2.27 bits per heavy atom. The highest BCUT2D eigenvalue weighted by molar-refractivity contribution is 7.10. The number of nitrogens with zero attached hydrogens (tertiary/aromatic N) is 2. The topological polar surface area (TPSA) is 46.9 Å². The molecule has 0 aliphatic rings. The van der Waals surface area contributed by atoms with Crippen molar-refractivity contribution in [1.82, 2.24) is 15.1 Å². The van der Waals surface area contributed by atoms with Gasteiger partial charge >= 0.3 is 0 Å². The Kier molecular flexibility index (Phi) is 4.24. The van der Waals surface area contributed by atoms with Gasteiger partial charge in [-0.25, -0.2) is 0 Å². The van der Waals surface area contributed by atoms with E-state index in [4.69, 9.17) is 0 Å². The number of aromatic nitrogens is 2. The Bertz CT molecular complexity index is 776. The van der Waals surface area contributed by atoms with Gasteiger partial charge in [-0.05, 0) is 37.4 Å². The molecule has 1 atom stereocenters. The van der Waals surface area contributed by atoms with Crippen LogP contribution in [0.4, 0.5) is 0 Å². The molecule has 0 bridgehead atoms. The molecule has 4 nitrogen and oxygen atoms in total. The maximum Gasteiger partial charge on any atom is 0.222 e. The van der Waals surface area contributed by atoms with Crippen molar-refractivity contribution < 1.29 is 4.79 Å². The Morgan fingerprint density at radius 3 is 3.05 bits per heavy atom. The van der Waals surface area contributed by atoms with Crippen LogP contribution < -0.4 is 5.32 Å². The lowest BCUT2D eigenvalue weighted by atomic mass is 10.2. The fourth-order valence-corrected chi connectivity index (χ4v) is 3.25.